The molecule has 0 bridgehead atoms. The van der Waals surface area contributed by atoms with E-state index in [1.165, 1.54) is 0 Å². The van der Waals surface area contributed by atoms with E-state index >= 15 is 0 Å². The molecule has 0 spiro atoms. The van der Waals surface area contributed by atoms with Crippen LogP contribution in [0.2, 0.25) is 0 Å². The van der Waals surface area contributed by atoms with Gasteiger partial charge in [-0.05, 0) is 26.3 Å². The Hall–Kier alpha value is -2.08. The van der Waals surface area contributed by atoms with Crippen molar-refractivity contribution in [2.24, 2.45) is 0 Å². The van der Waals surface area contributed by atoms with Crippen molar-refractivity contribution < 1.29 is 19.4 Å². The first-order chi connectivity index (χ1) is 10.3. The smallest absolute Gasteiger partial charge is 0.408 e. The van der Waals surface area contributed by atoms with Crippen molar-refractivity contribution in [2.45, 2.75) is 38.8 Å². The first-order valence-corrected chi connectivity index (χ1v) is 7.24. The van der Waals surface area contributed by atoms with Gasteiger partial charge in [0, 0.05) is 13.0 Å². The second-order valence-electron chi connectivity index (χ2n) is 5.90. The van der Waals surface area contributed by atoms with Gasteiger partial charge in [0.15, 0.2) is 0 Å². The molecule has 1 unspecified atom stereocenters. The van der Waals surface area contributed by atoms with Crippen LogP contribution in [-0.4, -0.2) is 41.9 Å². The summed E-state index contributed by atoms with van der Waals surface area (Å²) in [5, 5.41) is 13.9. The lowest BCUT2D eigenvalue weighted by molar-refractivity contribution is -0.123. The summed E-state index contributed by atoms with van der Waals surface area (Å²) in [6.07, 6.45) is -0.301. The Morgan fingerprint density at radius 2 is 1.86 bits per heavy atom. The van der Waals surface area contributed by atoms with E-state index in [9.17, 15) is 9.59 Å². The quantitative estimate of drug-likeness (QED) is 0.737. The van der Waals surface area contributed by atoms with E-state index < -0.39 is 17.7 Å². The Bertz CT molecular complexity index is 483. The molecular formula is C16H24N2O4. The van der Waals surface area contributed by atoms with Gasteiger partial charge < -0.3 is 20.5 Å². The van der Waals surface area contributed by atoms with Gasteiger partial charge in [-0.1, -0.05) is 30.3 Å². The molecule has 0 heterocycles. The van der Waals surface area contributed by atoms with Crippen LogP contribution in [0, 0.1) is 0 Å². The van der Waals surface area contributed by atoms with Gasteiger partial charge >= 0.3 is 6.09 Å². The third-order valence-corrected chi connectivity index (χ3v) is 2.70. The highest BCUT2D eigenvalue weighted by Crippen LogP contribution is 2.08. The molecule has 122 valence electrons. The number of ether oxygens (including phenoxy) is 1. The zero-order valence-electron chi connectivity index (χ0n) is 13.3. The van der Waals surface area contributed by atoms with Crippen molar-refractivity contribution in [1.82, 2.24) is 10.6 Å². The number of benzene rings is 1. The fourth-order valence-electron chi connectivity index (χ4n) is 1.81. The van der Waals surface area contributed by atoms with E-state index in [2.05, 4.69) is 10.6 Å². The van der Waals surface area contributed by atoms with Gasteiger partial charge in [0.1, 0.15) is 11.6 Å². The summed E-state index contributed by atoms with van der Waals surface area (Å²) in [4.78, 5) is 24.0. The molecule has 0 aliphatic carbocycles. The lowest BCUT2D eigenvalue weighted by Crippen LogP contribution is -2.49. The van der Waals surface area contributed by atoms with E-state index in [0.29, 0.717) is 6.42 Å². The average Bonchev–Trinajstić information content (AvgIpc) is 2.43. The Morgan fingerprint density at radius 1 is 1.23 bits per heavy atom. The molecule has 1 aromatic rings. The first-order valence-electron chi connectivity index (χ1n) is 7.24. The number of alkyl carbamates (subject to hydrolysis) is 1. The molecule has 0 saturated carbocycles. The minimum Gasteiger partial charge on any atom is -0.444 e. The zero-order chi connectivity index (χ0) is 16.6. The van der Waals surface area contributed by atoms with Gasteiger partial charge in [-0.3, -0.25) is 4.79 Å². The standard InChI is InChI=1S/C16H24N2O4/c1-16(2,3)22-15(21)18-13(14(20)17-9-10-19)11-12-7-5-4-6-8-12/h4-8,13,19H,9-11H2,1-3H3,(H,17,20)(H,18,21). The molecule has 6 nitrogen and oxygen atoms in total. The van der Waals surface area contributed by atoms with Gasteiger partial charge in [-0.15, -0.1) is 0 Å². The maximum atomic E-state index is 12.1. The number of hydrogen-bond donors (Lipinski definition) is 3. The number of carbonyl (C=O) groups excluding carboxylic acids is 2. The molecule has 0 fully saturated rings. The van der Waals surface area contributed by atoms with Crippen LogP contribution in [0.25, 0.3) is 0 Å². The SMILES string of the molecule is CC(C)(C)OC(=O)NC(Cc1ccccc1)C(=O)NCCO. The topological polar surface area (TPSA) is 87.7 Å². The second kappa shape index (κ2) is 8.38. The fraction of sp³-hybridized carbons (Fsp3) is 0.500. The van der Waals surface area contributed by atoms with Gasteiger partial charge in [0.2, 0.25) is 5.91 Å². The van der Waals surface area contributed by atoms with Crippen LogP contribution in [0.4, 0.5) is 4.79 Å². The van der Waals surface area contributed by atoms with Gasteiger partial charge in [-0.2, -0.15) is 0 Å². The predicted molar refractivity (Wildman–Crippen MR) is 83.4 cm³/mol. The first kappa shape index (κ1) is 18.0. The van der Waals surface area contributed by atoms with E-state index in [1.54, 1.807) is 20.8 Å². The molecule has 0 aliphatic heterocycles. The number of hydrogen-bond acceptors (Lipinski definition) is 4. The van der Waals surface area contributed by atoms with Crippen LogP contribution >= 0.6 is 0 Å². The van der Waals surface area contributed by atoms with E-state index in [4.69, 9.17) is 9.84 Å². The Morgan fingerprint density at radius 3 is 2.41 bits per heavy atom. The molecule has 0 aliphatic rings. The molecule has 0 saturated heterocycles. The Kier molecular flexibility index (Phi) is 6.85. The van der Waals surface area contributed by atoms with Crippen molar-refractivity contribution >= 4 is 12.0 Å². The summed E-state index contributed by atoms with van der Waals surface area (Å²) >= 11 is 0. The van der Waals surface area contributed by atoms with Gasteiger partial charge in [0.05, 0.1) is 6.61 Å². The number of nitrogens with one attached hydrogen (secondary N) is 2. The summed E-state index contributed by atoms with van der Waals surface area (Å²) in [5.74, 6) is -0.358. The summed E-state index contributed by atoms with van der Waals surface area (Å²) in [7, 11) is 0. The van der Waals surface area contributed by atoms with E-state index in [1.807, 2.05) is 30.3 Å². The highest BCUT2D eigenvalue weighted by Gasteiger charge is 2.24. The minimum absolute atomic E-state index is 0.139. The van der Waals surface area contributed by atoms with Crippen molar-refractivity contribution in [3.8, 4) is 0 Å². The van der Waals surface area contributed by atoms with Crippen LogP contribution in [0.5, 0.6) is 0 Å². The molecule has 2 amide bonds. The normalized spacial score (nSPS) is 12.4. The molecule has 6 heteroatoms. The summed E-state index contributed by atoms with van der Waals surface area (Å²) in [6, 6.07) is 8.61. The highest BCUT2D eigenvalue weighted by molar-refractivity contribution is 5.86. The zero-order valence-corrected chi connectivity index (χ0v) is 13.3. The maximum Gasteiger partial charge on any atom is 0.408 e. The number of carbonyl (C=O) groups is 2. The predicted octanol–water partition coefficient (Wildman–Crippen LogP) is 1.23. The van der Waals surface area contributed by atoms with Crippen molar-refractivity contribution in [3.05, 3.63) is 35.9 Å². The number of aliphatic hydroxyl groups is 1. The van der Waals surface area contributed by atoms with Gasteiger partial charge in [0.25, 0.3) is 0 Å². The molecule has 1 atom stereocenters. The Balaban J connectivity index is 2.73. The van der Waals surface area contributed by atoms with Gasteiger partial charge in [-0.25, -0.2) is 4.79 Å². The molecular weight excluding hydrogens is 284 g/mol. The summed E-state index contributed by atoms with van der Waals surface area (Å²) in [6.45, 7) is 5.25. The highest BCUT2D eigenvalue weighted by atomic mass is 16.6. The lowest BCUT2D eigenvalue weighted by atomic mass is 10.1. The van der Waals surface area contributed by atoms with Crippen LogP contribution in [-0.2, 0) is 16.0 Å². The molecule has 3 N–H and O–H groups in total. The van der Waals surface area contributed by atoms with Crippen molar-refractivity contribution in [3.63, 3.8) is 0 Å². The van der Waals surface area contributed by atoms with E-state index in [0.717, 1.165) is 5.56 Å². The lowest BCUT2D eigenvalue weighted by Gasteiger charge is -2.23. The summed E-state index contributed by atoms with van der Waals surface area (Å²) < 4.78 is 5.18. The molecule has 0 radical (unpaired) electrons. The van der Waals surface area contributed by atoms with Crippen LogP contribution in [0.3, 0.4) is 0 Å². The average molecular weight is 308 g/mol. The molecule has 1 aromatic carbocycles. The minimum atomic E-state index is -0.760. The third-order valence-electron chi connectivity index (χ3n) is 2.70. The monoisotopic (exact) mass is 308 g/mol. The van der Waals surface area contributed by atoms with E-state index in [-0.39, 0.29) is 19.1 Å². The van der Waals surface area contributed by atoms with Crippen LogP contribution < -0.4 is 10.6 Å². The van der Waals surface area contributed by atoms with Crippen molar-refractivity contribution in [2.75, 3.05) is 13.2 Å². The molecule has 0 aromatic heterocycles. The maximum absolute atomic E-state index is 12.1. The Labute approximate surface area is 130 Å². The largest absolute Gasteiger partial charge is 0.444 e. The van der Waals surface area contributed by atoms with Crippen LogP contribution in [0.1, 0.15) is 26.3 Å². The third kappa shape index (κ3) is 7.08. The van der Waals surface area contributed by atoms with Crippen LogP contribution in [0.15, 0.2) is 30.3 Å². The second-order valence-corrected chi connectivity index (χ2v) is 5.90. The molecule has 1 rings (SSSR count). The van der Waals surface area contributed by atoms with Crippen molar-refractivity contribution in [1.29, 1.82) is 0 Å². The summed E-state index contributed by atoms with van der Waals surface area (Å²) in [5.41, 5.74) is 0.283. The fourth-order valence-corrected chi connectivity index (χ4v) is 1.81. The number of aliphatic hydroxyl groups excluding tert-OH is 1. The number of amides is 2. The molecule has 22 heavy (non-hydrogen) atoms. The number of rotatable bonds is 6.